The van der Waals surface area contributed by atoms with Gasteiger partial charge in [-0.2, -0.15) is 0 Å². The zero-order valence-corrected chi connectivity index (χ0v) is 15.5. The third-order valence-electron chi connectivity index (χ3n) is 3.37. The molecule has 0 bridgehead atoms. The molecule has 0 aliphatic heterocycles. The Labute approximate surface area is 151 Å². The number of rotatable bonds is 10. The predicted octanol–water partition coefficient (Wildman–Crippen LogP) is 2.71. The van der Waals surface area contributed by atoms with Gasteiger partial charge in [0.1, 0.15) is 0 Å². The molecule has 24 heavy (non-hydrogen) atoms. The van der Waals surface area contributed by atoms with Crippen LogP contribution >= 0.6 is 12.4 Å². The van der Waals surface area contributed by atoms with Gasteiger partial charge >= 0.3 is 0 Å². The molecular formula is C18H29ClN2O3. The first-order chi connectivity index (χ1) is 11.0. The first-order valence-corrected chi connectivity index (χ1v) is 7.90. The second-order valence-electron chi connectivity index (χ2n) is 5.90. The molecule has 0 aromatic heterocycles. The number of nitrogens with two attached hydrogens (primary N) is 1. The second-order valence-corrected chi connectivity index (χ2v) is 5.90. The molecule has 0 radical (unpaired) electrons. The molecule has 3 N–H and O–H groups in total. The summed E-state index contributed by atoms with van der Waals surface area (Å²) >= 11 is 0. The first-order valence-electron chi connectivity index (χ1n) is 7.90. The van der Waals surface area contributed by atoms with E-state index in [4.69, 9.17) is 15.2 Å². The van der Waals surface area contributed by atoms with Crippen molar-refractivity contribution in [3.63, 3.8) is 0 Å². The Morgan fingerprint density at radius 3 is 2.62 bits per heavy atom. The maximum atomic E-state index is 12.0. The van der Waals surface area contributed by atoms with Gasteiger partial charge < -0.3 is 20.5 Å². The average molecular weight is 357 g/mol. The summed E-state index contributed by atoms with van der Waals surface area (Å²) in [6.45, 7) is 8.27. The van der Waals surface area contributed by atoms with Gasteiger partial charge in [0, 0.05) is 12.6 Å². The molecule has 5 nitrogen and oxygen atoms in total. The molecule has 1 amide bonds. The minimum absolute atomic E-state index is 0. The normalized spacial score (nSPS) is 11.4. The highest BCUT2D eigenvalue weighted by Crippen LogP contribution is 2.28. The maximum absolute atomic E-state index is 12.0. The molecule has 0 saturated carbocycles. The van der Waals surface area contributed by atoms with E-state index in [0.717, 1.165) is 18.4 Å². The van der Waals surface area contributed by atoms with Gasteiger partial charge in [-0.05, 0) is 36.5 Å². The molecule has 136 valence electrons. The highest BCUT2D eigenvalue weighted by Gasteiger charge is 2.14. The van der Waals surface area contributed by atoms with Crippen molar-refractivity contribution >= 4 is 18.3 Å². The molecule has 1 atom stereocenters. The molecular weight excluding hydrogens is 328 g/mol. The molecule has 0 aliphatic rings. The molecule has 1 aromatic rings. The Morgan fingerprint density at radius 1 is 1.38 bits per heavy atom. The van der Waals surface area contributed by atoms with Crippen LogP contribution in [0.3, 0.4) is 0 Å². The smallest absolute Gasteiger partial charge is 0.258 e. The Hall–Kier alpha value is -1.72. The van der Waals surface area contributed by atoms with E-state index in [9.17, 15) is 4.79 Å². The number of carbonyl (C=O) groups is 1. The lowest BCUT2D eigenvalue weighted by molar-refractivity contribution is -0.123. The SMILES string of the molecule is C=CCc1ccc(OCC(=O)NC(CN)CC(C)C)c(OC)c1.Cl. The maximum Gasteiger partial charge on any atom is 0.258 e. The van der Waals surface area contributed by atoms with E-state index >= 15 is 0 Å². The van der Waals surface area contributed by atoms with Crippen molar-refractivity contribution in [3.8, 4) is 11.5 Å². The fourth-order valence-electron chi connectivity index (χ4n) is 2.32. The predicted molar refractivity (Wildman–Crippen MR) is 100 cm³/mol. The zero-order chi connectivity index (χ0) is 17.2. The van der Waals surface area contributed by atoms with Crippen LogP contribution in [0.4, 0.5) is 0 Å². The molecule has 0 fully saturated rings. The van der Waals surface area contributed by atoms with E-state index in [2.05, 4.69) is 25.7 Å². The fourth-order valence-corrected chi connectivity index (χ4v) is 2.32. The molecule has 1 aromatic carbocycles. The van der Waals surface area contributed by atoms with E-state index in [0.29, 0.717) is 24.0 Å². The number of halogens is 1. The van der Waals surface area contributed by atoms with Crippen LogP contribution < -0.4 is 20.5 Å². The van der Waals surface area contributed by atoms with Crippen LogP contribution in [0.2, 0.25) is 0 Å². The van der Waals surface area contributed by atoms with Crippen LogP contribution in [0, 0.1) is 5.92 Å². The Bertz CT molecular complexity index is 521. The largest absolute Gasteiger partial charge is 0.493 e. The van der Waals surface area contributed by atoms with E-state index in [1.807, 2.05) is 18.2 Å². The molecule has 1 rings (SSSR count). The first kappa shape index (κ1) is 22.3. The summed E-state index contributed by atoms with van der Waals surface area (Å²) in [4.78, 5) is 12.0. The van der Waals surface area contributed by atoms with Crippen molar-refractivity contribution in [2.45, 2.75) is 32.7 Å². The summed E-state index contributed by atoms with van der Waals surface area (Å²) in [5.41, 5.74) is 6.76. The van der Waals surface area contributed by atoms with Gasteiger partial charge in [0.25, 0.3) is 5.91 Å². The summed E-state index contributed by atoms with van der Waals surface area (Å²) in [6, 6.07) is 5.59. The Morgan fingerprint density at radius 2 is 2.08 bits per heavy atom. The van der Waals surface area contributed by atoms with Crippen LogP contribution in [0.5, 0.6) is 11.5 Å². The van der Waals surface area contributed by atoms with Gasteiger partial charge in [-0.15, -0.1) is 19.0 Å². The van der Waals surface area contributed by atoms with Gasteiger partial charge in [0.15, 0.2) is 18.1 Å². The topological polar surface area (TPSA) is 73.6 Å². The minimum Gasteiger partial charge on any atom is -0.493 e. The van der Waals surface area contributed by atoms with Crippen molar-refractivity contribution in [1.82, 2.24) is 5.32 Å². The standard InChI is InChI=1S/C18H28N2O3.ClH/c1-5-6-14-7-8-16(17(10-14)22-4)23-12-18(21)20-15(11-19)9-13(2)3;/h5,7-8,10,13,15H,1,6,9,11-12,19H2,2-4H3,(H,20,21);1H. The van der Waals surface area contributed by atoms with Gasteiger partial charge in [0.2, 0.25) is 0 Å². The molecule has 0 heterocycles. The third kappa shape index (κ3) is 7.70. The van der Waals surface area contributed by atoms with Gasteiger partial charge in [-0.1, -0.05) is 26.0 Å². The van der Waals surface area contributed by atoms with Crippen LogP contribution in [-0.4, -0.2) is 32.2 Å². The number of amides is 1. The Kier molecular flexibility index (Phi) is 10.9. The highest BCUT2D eigenvalue weighted by molar-refractivity contribution is 5.85. The van der Waals surface area contributed by atoms with Crippen LogP contribution in [0.25, 0.3) is 0 Å². The molecule has 6 heteroatoms. The average Bonchev–Trinajstić information content (AvgIpc) is 2.52. The van der Waals surface area contributed by atoms with Crippen LogP contribution in [-0.2, 0) is 11.2 Å². The number of allylic oxidation sites excluding steroid dienone is 1. The summed E-state index contributed by atoms with van der Waals surface area (Å²) in [7, 11) is 1.58. The van der Waals surface area contributed by atoms with Crippen molar-refractivity contribution in [1.29, 1.82) is 0 Å². The van der Waals surface area contributed by atoms with Gasteiger partial charge in [-0.25, -0.2) is 0 Å². The van der Waals surface area contributed by atoms with Gasteiger partial charge in [0.05, 0.1) is 7.11 Å². The number of nitrogens with one attached hydrogen (secondary N) is 1. The monoisotopic (exact) mass is 356 g/mol. The summed E-state index contributed by atoms with van der Waals surface area (Å²) in [5.74, 6) is 1.44. The third-order valence-corrected chi connectivity index (χ3v) is 3.37. The van der Waals surface area contributed by atoms with Crippen molar-refractivity contribution in [3.05, 3.63) is 36.4 Å². The number of methoxy groups -OCH3 is 1. The molecule has 1 unspecified atom stereocenters. The number of ether oxygens (including phenoxy) is 2. The molecule has 0 saturated heterocycles. The number of hydrogen-bond donors (Lipinski definition) is 2. The zero-order valence-electron chi connectivity index (χ0n) is 14.7. The van der Waals surface area contributed by atoms with E-state index < -0.39 is 0 Å². The van der Waals surface area contributed by atoms with Gasteiger partial charge in [-0.3, -0.25) is 4.79 Å². The molecule has 0 spiro atoms. The lowest BCUT2D eigenvalue weighted by atomic mass is 10.0. The van der Waals surface area contributed by atoms with Crippen molar-refractivity contribution < 1.29 is 14.3 Å². The lowest BCUT2D eigenvalue weighted by Crippen LogP contribution is -2.43. The Balaban J connectivity index is 0.00000529. The lowest BCUT2D eigenvalue weighted by Gasteiger charge is -2.19. The summed E-state index contributed by atoms with van der Waals surface area (Å²) < 4.78 is 10.9. The second kappa shape index (κ2) is 11.8. The molecule has 0 aliphatic carbocycles. The van der Waals surface area contributed by atoms with Crippen LogP contribution in [0.1, 0.15) is 25.8 Å². The van der Waals surface area contributed by atoms with Crippen molar-refractivity contribution in [2.75, 3.05) is 20.3 Å². The number of carbonyl (C=O) groups excluding carboxylic acids is 1. The van der Waals surface area contributed by atoms with E-state index in [1.54, 1.807) is 13.2 Å². The van der Waals surface area contributed by atoms with Crippen LogP contribution in [0.15, 0.2) is 30.9 Å². The van der Waals surface area contributed by atoms with E-state index in [1.165, 1.54) is 0 Å². The summed E-state index contributed by atoms with van der Waals surface area (Å²) in [5, 5.41) is 2.89. The number of hydrogen-bond acceptors (Lipinski definition) is 4. The quantitative estimate of drug-likeness (QED) is 0.632. The highest BCUT2D eigenvalue weighted by atomic mass is 35.5. The minimum atomic E-state index is -0.182. The fraction of sp³-hybridized carbons (Fsp3) is 0.500. The van der Waals surface area contributed by atoms with E-state index in [-0.39, 0.29) is 31.0 Å². The summed E-state index contributed by atoms with van der Waals surface area (Å²) in [6.07, 6.45) is 3.43. The van der Waals surface area contributed by atoms with Crippen molar-refractivity contribution in [2.24, 2.45) is 11.7 Å². The number of benzene rings is 1.